The molecule has 0 aliphatic heterocycles. The molecule has 0 aliphatic carbocycles. The van der Waals surface area contributed by atoms with Gasteiger partial charge in [-0.2, -0.15) is 0 Å². The van der Waals surface area contributed by atoms with Crippen LogP contribution in [0.3, 0.4) is 0 Å². The van der Waals surface area contributed by atoms with Crippen molar-refractivity contribution in [3.63, 3.8) is 0 Å². The van der Waals surface area contributed by atoms with Gasteiger partial charge in [-0.15, -0.1) is 11.3 Å². The van der Waals surface area contributed by atoms with E-state index in [1.54, 1.807) is 0 Å². The number of nitrogens with one attached hydrogen (secondary N) is 1. The van der Waals surface area contributed by atoms with Gasteiger partial charge in [-0.1, -0.05) is 29.8 Å². The first-order valence-electron chi connectivity index (χ1n) is 6.94. The fourth-order valence-electron chi connectivity index (χ4n) is 2.04. The summed E-state index contributed by atoms with van der Waals surface area (Å²) >= 11 is 1.42. The van der Waals surface area contributed by atoms with Crippen molar-refractivity contribution in [2.45, 2.75) is 26.8 Å². The van der Waals surface area contributed by atoms with E-state index in [0.717, 1.165) is 16.0 Å². The Morgan fingerprint density at radius 1 is 1.14 bits per heavy atom. The third-order valence-electron chi connectivity index (χ3n) is 3.51. The molecule has 0 radical (unpaired) electrons. The molecule has 2 rings (SSSR count). The van der Waals surface area contributed by atoms with Crippen LogP contribution in [0.15, 0.2) is 30.3 Å². The van der Waals surface area contributed by atoms with Gasteiger partial charge in [0, 0.05) is 4.88 Å². The van der Waals surface area contributed by atoms with Gasteiger partial charge in [-0.25, -0.2) is 4.79 Å². The number of thiophene rings is 1. The molecule has 116 valence electrons. The van der Waals surface area contributed by atoms with Crippen molar-refractivity contribution in [2.75, 3.05) is 7.11 Å². The van der Waals surface area contributed by atoms with Gasteiger partial charge in [0.05, 0.1) is 12.0 Å². The molecule has 1 heterocycles. The fourth-order valence-corrected chi connectivity index (χ4v) is 2.98. The van der Waals surface area contributed by atoms with Crippen LogP contribution in [-0.4, -0.2) is 19.0 Å². The molecule has 1 amide bonds. The van der Waals surface area contributed by atoms with Crippen molar-refractivity contribution in [1.29, 1.82) is 0 Å². The Morgan fingerprint density at radius 2 is 1.77 bits per heavy atom. The number of rotatable bonds is 4. The number of methoxy groups -OCH3 is 1. The predicted octanol–water partition coefficient (Wildman–Crippen LogP) is 3.32. The zero-order chi connectivity index (χ0) is 16.3. The molecule has 4 nitrogen and oxygen atoms in total. The van der Waals surface area contributed by atoms with Crippen LogP contribution < -0.4 is 5.32 Å². The molecule has 22 heavy (non-hydrogen) atoms. The molecule has 1 atom stereocenters. The SMILES string of the molecule is COC(=O)[C@@H](NC(=O)c1cc(C)c(C)s1)c1ccc(C)cc1. The highest BCUT2D eigenvalue weighted by molar-refractivity contribution is 7.14. The summed E-state index contributed by atoms with van der Waals surface area (Å²) in [5, 5.41) is 2.76. The zero-order valence-electron chi connectivity index (χ0n) is 13.1. The number of hydrogen-bond donors (Lipinski definition) is 1. The Labute approximate surface area is 134 Å². The van der Waals surface area contributed by atoms with Crippen molar-refractivity contribution in [2.24, 2.45) is 0 Å². The Morgan fingerprint density at radius 3 is 2.27 bits per heavy atom. The van der Waals surface area contributed by atoms with E-state index in [9.17, 15) is 9.59 Å². The minimum absolute atomic E-state index is 0.267. The lowest BCUT2D eigenvalue weighted by atomic mass is 10.1. The third kappa shape index (κ3) is 3.54. The topological polar surface area (TPSA) is 55.4 Å². The van der Waals surface area contributed by atoms with E-state index in [1.165, 1.54) is 18.4 Å². The van der Waals surface area contributed by atoms with E-state index >= 15 is 0 Å². The van der Waals surface area contributed by atoms with Gasteiger partial charge in [-0.3, -0.25) is 4.79 Å². The van der Waals surface area contributed by atoms with E-state index in [-0.39, 0.29) is 5.91 Å². The van der Waals surface area contributed by atoms with Gasteiger partial charge in [0.2, 0.25) is 0 Å². The first-order chi connectivity index (χ1) is 10.4. The molecule has 1 N–H and O–H groups in total. The second kappa shape index (κ2) is 6.75. The number of benzene rings is 1. The summed E-state index contributed by atoms with van der Waals surface area (Å²) in [7, 11) is 1.31. The van der Waals surface area contributed by atoms with Crippen LogP contribution in [0, 0.1) is 20.8 Å². The van der Waals surface area contributed by atoms with Crippen LogP contribution in [0.1, 0.15) is 37.3 Å². The maximum Gasteiger partial charge on any atom is 0.333 e. The van der Waals surface area contributed by atoms with Gasteiger partial charge >= 0.3 is 5.97 Å². The van der Waals surface area contributed by atoms with Crippen LogP contribution in [0.2, 0.25) is 0 Å². The Bertz CT molecular complexity index is 669. The van der Waals surface area contributed by atoms with E-state index in [1.807, 2.05) is 51.1 Å². The molecule has 5 heteroatoms. The maximum atomic E-state index is 12.4. The first kappa shape index (κ1) is 16.2. The van der Waals surface area contributed by atoms with Crippen LogP contribution in [0.4, 0.5) is 0 Å². The Kier molecular flexibility index (Phi) is 4.98. The molecular formula is C17H19NO3S. The number of hydrogen-bond acceptors (Lipinski definition) is 4. The van der Waals surface area contributed by atoms with Crippen LogP contribution in [0.5, 0.6) is 0 Å². The summed E-state index contributed by atoms with van der Waals surface area (Å²) in [5.74, 6) is -0.751. The molecule has 0 saturated carbocycles. The summed E-state index contributed by atoms with van der Waals surface area (Å²) in [6.07, 6.45) is 0. The van der Waals surface area contributed by atoms with Crippen LogP contribution in [-0.2, 0) is 9.53 Å². The molecule has 0 aliphatic rings. The summed E-state index contributed by atoms with van der Waals surface area (Å²) < 4.78 is 4.81. The van der Waals surface area contributed by atoms with Crippen molar-refractivity contribution >= 4 is 23.2 Å². The lowest BCUT2D eigenvalue weighted by Crippen LogP contribution is -2.34. The van der Waals surface area contributed by atoms with E-state index in [0.29, 0.717) is 10.4 Å². The van der Waals surface area contributed by atoms with Crippen molar-refractivity contribution in [3.05, 3.63) is 56.8 Å². The fraction of sp³-hybridized carbons (Fsp3) is 0.294. The van der Waals surface area contributed by atoms with Crippen molar-refractivity contribution in [3.8, 4) is 0 Å². The summed E-state index contributed by atoms with van der Waals surface area (Å²) in [5.41, 5.74) is 2.86. The summed E-state index contributed by atoms with van der Waals surface area (Å²) in [6, 6.07) is 8.47. The largest absolute Gasteiger partial charge is 0.467 e. The molecule has 2 aromatic rings. The van der Waals surface area contributed by atoms with E-state index < -0.39 is 12.0 Å². The van der Waals surface area contributed by atoms with E-state index in [2.05, 4.69) is 5.32 Å². The number of amides is 1. The molecule has 0 unspecified atom stereocenters. The average Bonchev–Trinajstić information content (AvgIpc) is 2.84. The number of carbonyl (C=O) groups excluding carboxylic acids is 2. The number of esters is 1. The number of carbonyl (C=O) groups is 2. The summed E-state index contributed by atoms with van der Waals surface area (Å²) in [4.78, 5) is 26.1. The predicted molar refractivity (Wildman–Crippen MR) is 87.2 cm³/mol. The Balaban J connectivity index is 2.25. The smallest absolute Gasteiger partial charge is 0.333 e. The standard InChI is InChI=1S/C17H19NO3S/c1-10-5-7-13(8-6-10)15(17(20)21-4)18-16(19)14-9-11(2)12(3)22-14/h5-9,15H,1-4H3,(H,18,19)/t15-/m0/s1. The van der Waals surface area contributed by atoms with Crippen molar-refractivity contribution < 1.29 is 14.3 Å². The second-order valence-corrected chi connectivity index (χ2v) is 6.45. The highest BCUT2D eigenvalue weighted by Crippen LogP contribution is 2.22. The highest BCUT2D eigenvalue weighted by atomic mass is 32.1. The first-order valence-corrected chi connectivity index (χ1v) is 7.76. The molecule has 0 fully saturated rings. The minimum atomic E-state index is -0.805. The summed E-state index contributed by atoms with van der Waals surface area (Å²) in [6.45, 7) is 5.89. The van der Waals surface area contributed by atoms with Gasteiger partial charge in [-0.05, 0) is 38.0 Å². The highest BCUT2D eigenvalue weighted by Gasteiger charge is 2.24. The zero-order valence-corrected chi connectivity index (χ0v) is 13.9. The molecule has 0 saturated heterocycles. The molecule has 1 aromatic carbocycles. The molecular weight excluding hydrogens is 298 g/mol. The van der Waals surface area contributed by atoms with Gasteiger partial charge in [0.25, 0.3) is 5.91 Å². The molecule has 1 aromatic heterocycles. The lowest BCUT2D eigenvalue weighted by molar-refractivity contribution is -0.143. The average molecular weight is 317 g/mol. The normalized spacial score (nSPS) is 11.8. The van der Waals surface area contributed by atoms with Gasteiger partial charge in [0.1, 0.15) is 0 Å². The third-order valence-corrected chi connectivity index (χ3v) is 4.66. The lowest BCUT2D eigenvalue weighted by Gasteiger charge is -2.16. The Hall–Kier alpha value is -2.14. The van der Waals surface area contributed by atoms with E-state index in [4.69, 9.17) is 4.74 Å². The molecule has 0 spiro atoms. The second-order valence-electron chi connectivity index (χ2n) is 5.19. The quantitative estimate of drug-likeness (QED) is 0.880. The van der Waals surface area contributed by atoms with Gasteiger partial charge < -0.3 is 10.1 Å². The van der Waals surface area contributed by atoms with Crippen LogP contribution in [0.25, 0.3) is 0 Å². The van der Waals surface area contributed by atoms with Gasteiger partial charge in [0.15, 0.2) is 6.04 Å². The van der Waals surface area contributed by atoms with Crippen LogP contribution >= 0.6 is 11.3 Å². The minimum Gasteiger partial charge on any atom is -0.467 e. The number of ether oxygens (including phenoxy) is 1. The van der Waals surface area contributed by atoms with Crippen molar-refractivity contribution in [1.82, 2.24) is 5.32 Å². The molecule has 0 bridgehead atoms. The maximum absolute atomic E-state index is 12.4. The number of aryl methyl sites for hydroxylation is 3. The monoisotopic (exact) mass is 317 g/mol.